The molecule has 2 aliphatic rings. The maximum atomic E-state index is 13.3. The second kappa shape index (κ2) is 12.4. The number of aliphatic hydroxyl groups is 1. The molecule has 1 aromatic carbocycles. The number of carbonyl (C=O) groups is 1. The molecule has 1 amide bonds. The number of alkyl halides is 3. The van der Waals surface area contributed by atoms with Gasteiger partial charge in [-0.2, -0.15) is 13.2 Å². The van der Waals surface area contributed by atoms with E-state index in [1.165, 1.54) is 18.3 Å². The summed E-state index contributed by atoms with van der Waals surface area (Å²) in [5.74, 6) is -1.22. The summed E-state index contributed by atoms with van der Waals surface area (Å²) >= 11 is 0. The lowest BCUT2D eigenvalue weighted by Crippen LogP contribution is -2.35. The van der Waals surface area contributed by atoms with Crippen LogP contribution < -0.4 is 5.32 Å². The Kier molecular flexibility index (Phi) is 9.50. The molecule has 1 saturated carbocycles. The number of hydrogen-bond acceptors (Lipinski definition) is 6. The Labute approximate surface area is 240 Å². The van der Waals surface area contributed by atoms with Gasteiger partial charge in [-0.15, -0.1) is 0 Å². The fraction of sp³-hybridized carbons (Fsp3) is 0.600. The number of sulfone groups is 1. The van der Waals surface area contributed by atoms with Crippen LogP contribution in [0.1, 0.15) is 92.6 Å². The van der Waals surface area contributed by atoms with E-state index in [2.05, 4.69) is 29.0 Å². The van der Waals surface area contributed by atoms with Crippen molar-refractivity contribution in [3.63, 3.8) is 0 Å². The molecule has 0 unspecified atom stereocenters. The Morgan fingerprint density at radius 2 is 1.76 bits per heavy atom. The van der Waals surface area contributed by atoms with Crippen molar-refractivity contribution in [2.24, 2.45) is 17.8 Å². The predicted molar refractivity (Wildman–Crippen MR) is 150 cm³/mol. The molecule has 1 fully saturated rings. The van der Waals surface area contributed by atoms with Gasteiger partial charge in [0, 0.05) is 19.3 Å². The van der Waals surface area contributed by atoms with E-state index in [1.807, 2.05) is 6.07 Å². The topological polar surface area (TPSA) is 99.6 Å². The van der Waals surface area contributed by atoms with E-state index in [9.17, 15) is 31.5 Å². The predicted octanol–water partition coefficient (Wildman–Crippen LogP) is 5.61. The number of hydrogen-bond donors (Lipinski definition) is 2. The molecule has 2 aromatic rings. The number of aromatic nitrogens is 1. The fourth-order valence-corrected chi connectivity index (χ4v) is 7.09. The standard InChI is InChI=1S/C30H40F3N3O4S/c1-5-41(39,40)25-12-8-21(9-13-25)26(19(4)37)35-29(38)22-14-23-17-36(28(18(2)3)27(23)34-15-22)16-20-6-10-24(11-7-20)30(31,32)33/h8-9,12-15,18-20,24,26,28,37H,5-7,10-11,16-17H2,1-4H3,(H,35,38)/t19-,20-,24-,26+,28+/m1/s1. The summed E-state index contributed by atoms with van der Waals surface area (Å²) in [4.78, 5) is 20.4. The number of aliphatic hydroxyl groups excluding tert-OH is 1. The molecule has 226 valence electrons. The van der Waals surface area contributed by atoms with Gasteiger partial charge in [0.15, 0.2) is 9.84 Å². The molecule has 0 bridgehead atoms. The fourth-order valence-electron chi connectivity index (χ4n) is 6.20. The Balaban J connectivity index is 1.47. The Bertz CT molecular complexity index is 1320. The first kappa shape index (κ1) is 31.4. The minimum Gasteiger partial charge on any atom is -0.391 e. The van der Waals surface area contributed by atoms with Crippen LogP contribution in [0.4, 0.5) is 13.2 Å². The quantitative estimate of drug-likeness (QED) is 0.391. The van der Waals surface area contributed by atoms with Crippen LogP contribution in [0.5, 0.6) is 0 Å². The van der Waals surface area contributed by atoms with E-state index >= 15 is 0 Å². The molecular formula is C30H40F3N3O4S. The molecule has 7 nitrogen and oxygen atoms in total. The number of amides is 1. The zero-order valence-corrected chi connectivity index (χ0v) is 24.8. The number of halogens is 3. The summed E-state index contributed by atoms with van der Waals surface area (Å²) in [5, 5.41) is 13.3. The van der Waals surface area contributed by atoms with Gasteiger partial charge in [0.1, 0.15) is 0 Å². The number of pyridine rings is 1. The third kappa shape index (κ3) is 7.11. The van der Waals surface area contributed by atoms with Gasteiger partial charge < -0.3 is 10.4 Å². The molecule has 2 N–H and O–H groups in total. The largest absolute Gasteiger partial charge is 0.391 e. The first-order chi connectivity index (χ1) is 19.2. The number of fused-ring (bicyclic) bond motifs is 1. The van der Waals surface area contributed by atoms with Gasteiger partial charge in [0.05, 0.1) is 46.0 Å². The lowest BCUT2D eigenvalue weighted by atomic mass is 9.81. The number of carbonyl (C=O) groups excluding carboxylic acids is 1. The smallest absolute Gasteiger partial charge is 0.391 e. The SMILES string of the molecule is CCS(=O)(=O)c1ccc([C@@H](NC(=O)c2cnc3c(c2)CN(C[C@H]2CC[C@H](C(F)(F)F)CC2)[C@H]3C(C)C)[C@@H](C)O)cc1. The Hall–Kier alpha value is -2.50. The molecule has 0 saturated heterocycles. The van der Waals surface area contributed by atoms with E-state index in [1.54, 1.807) is 26.0 Å². The molecule has 4 rings (SSSR count). The van der Waals surface area contributed by atoms with Crippen LogP contribution in [0.25, 0.3) is 0 Å². The molecule has 11 heteroatoms. The van der Waals surface area contributed by atoms with Gasteiger partial charge in [0.25, 0.3) is 5.91 Å². The van der Waals surface area contributed by atoms with Gasteiger partial charge in [-0.1, -0.05) is 32.9 Å². The van der Waals surface area contributed by atoms with Crippen LogP contribution in [-0.2, 0) is 16.4 Å². The second-order valence-corrected chi connectivity index (χ2v) is 14.1. The van der Waals surface area contributed by atoms with E-state index in [-0.39, 0.29) is 41.4 Å². The monoisotopic (exact) mass is 595 g/mol. The first-order valence-corrected chi connectivity index (χ1v) is 16.0. The first-order valence-electron chi connectivity index (χ1n) is 14.3. The lowest BCUT2D eigenvalue weighted by molar-refractivity contribution is -0.184. The molecule has 1 aliphatic heterocycles. The summed E-state index contributed by atoms with van der Waals surface area (Å²) in [6.07, 6.45) is -2.09. The highest BCUT2D eigenvalue weighted by Gasteiger charge is 2.42. The van der Waals surface area contributed by atoms with Gasteiger partial charge in [0.2, 0.25) is 0 Å². The second-order valence-electron chi connectivity index (χ2n) is 11.8. The van der Waals surface area contributed by atoms with Gasteiger partial charge in [-0.25, -0.2) is 8.42 Å². The van der Waals surface area contributed by atoms with Crippen LogP contribution in [0.15, 0.2) is 41.4 Å². The van der Waals surface area contributed by atoms with Crippen molar-refractivity contribution in [1.29, 1.82) is 0 Å². The molecule has 0 spiro atoms. The van der Waals surface area contributed by atoms with Crippen molar-refractivity contribution < 1.29 is 31.5 Å². The van der Waals surface area contributed by atoms with E-state index in [0.717, 1.165) is 11.3 Å². The third-order valence-corrected chi connectivity index (χ3v) is 10.2. The summed E-state index contributed by atoms with van der Waals surface area (Å²) in [6, 6.07) is 7.20. The molecule has 41 heavy (non-hydrogen) atoms. The van der Waals surface area contributed by atoms with Crippen molar-refractivity contribution in [2.75, 3.05) is 12.3 Å². The number of rotatable bonds is 9. The minimum absolute atomic E-state index is 0.0191. The van der Waals surface area contributed by atoms with Crippen LogP contribution in [0.3, 0.4) is 0 Å². The van der Waals surface area contributed by atoms with Crippen molar-refractivity contribution >= 4 is 15.7 Å². The highest BCUT2D eigenvalue weighted by Crippen LogP contribution is 2.43. The Morgan fingerprint density at radius 1 is 1.12 bits per heavy atom. The molecular weight excluding hydrogens is 555 g/mol. The van der Waals surface area contributed by atoms with Gasteiger partial charge >= 0.3 is 6.18 Å². The van der Waals surface area contributed by atoms with Crippen LogP contribution in [0, 0.1) is 17.8 Å². The van der Waals surface area contributed by atoms with Crippen molar-refractivity contribution in [1.82, 2.24) is 15.2 Å². The van der Waals surface area contributed by atoms with E-state index < -0.39 is 40.0 Å². The summed E-state index contributed by atoms with van der Waals surface area (Å²) in [6.45, 7) is 8.57. The molecule has 2 heterocycles. The lowest BCUT2D eigenvalue weighted by Gasteiger charge is -2.35. The summed E-state index contributed by atoms with van der Waals surface area (Å²) in [5.41, 5.74) is 2.72. The zero-order valence-electron chi connectivity index (χ0n) is 24.0. The van der Waals surface area contributed by atoms with Crippen LogP contribution >= 0.6 is 0 Å². The third-order valence-electron chi connectivity index (χ3n) is 8.49. The van der Waals surface area contributed by atoms with Crippen molar-refractivity contribution in [2.45, 2.75) is 89.2 Å². The Morgan fingerprint density at radius 3 is 2.29 bits per heavy atom. The van der Waals surface area contributed by atoms with E-state index in [0.29, 0.717) is 37.1 Å². The highest BCUT2D eigenvalue weighted by molar-refractivity contribution is 7.91. The molecule has 1 aromatic heterocycles. The summed E-state index contributed by atoms with van der Waals surface area (Å²) < 4.78 is 63.7. The van der Waals surface area contributed by atoms with Crippen LogP contribution in [-0.4, -0.2) is 53.9 Å². The highest BCUT2D eigenvalue weighted by atomic mass is 32.2. The van der Waals surface area contributed by atoms with Gasteiger partial charge in [-0.05, 0) is 73.8 Å². The average molecular weight is 596 g/mol. The zero-order chi connectivity index (χ0) is 30.1. The number of benzene rings is 1. The van der Waals surface area contributed by atoms with E-state index in [4.69, 9.17) is 0 Å². The maximum absolute atomic E-state index is 13.3. The summed E-state index contributed by atoms with van der Waals surface area (Å²) in [7, 11) is -3.37. The maximum Gasteiger partial charge on any atom is 0.391 e. The normalized spacial score (nSPS) is 23.3. The molecule has 3 atom stereocenters. The molecule has 1 aliphatic carbocycles. The van der Waals surface area contributed by atoms with Gasteiger partial charge in [-0.3, -0.25) is 14.7 Å². The molecule has 0 radical (unpaired) electrons. The number of nitrogens with zero attached hydrogens (tertiary/aromatic N) is 2. The minimum atomic E-state index is -4.12. The van der Waals surface area contributed by atoms with Crippen molar-refractivity contribution in [3.8, 4) is 0 Å². The average Bonchev–Trinajstić information content (AvgIpc) is 3.28. The van der Waals surface area contributed by atoms with Crippen molar-refractivity contribution in [3.05, 3.63) is 58.9 Å². The van der Waals surface area contributed by atoms with Crippen LogP contribution in [0.2, 0.25) is 0 Å². The number of nitrogens with one attached hydrogen (secondary N) is 1.